The lowest BCUT2D eigenvalue weighted by atomic mass is 10.0. The van der Waals surface area contributed by atoms with E-state index in [0.29, 0.717) is 5.28 Å². The van der Waals surface area contributed by atoms with Gasteiger partial charge < -0.3 is 10.2 Å². The lowest BCUT2D eigenvalue weighted by Crippen LogP contribution is -2.38. The summed E-state index contributed by atoms with van der Waals surface area (Å²) in [7, 11) is 0. The number of rotatable bonds is 5. The van der Waals surface area contributed by atoms with Crippen molar-refractivity contribution in [2.24, 2.45) is 0 Å². The third kappa shape index (κ3) is 3.65. The molecule has 2 aromatic rings. The van der Waals surface area contributed by atoms with Crippen molar-refractivity contribution in [2.45, 2.75) is 38.6 Å². The first-order valence-electron chi connectivity index (χ1n) is 7.63. The Morgan fingerprint density at radius 2 is 2.33 bits per heavy atom. The van der Waals surface area contributed by atoms with Crippen LogP contribution in [0.2, 0.25) is 5.28 Å². The van der Waals surface area contributed by atoms with Crippen LogP contribution in [0.4, 0.5) is 5.82 Å². The van der Waals surface area contributed by atoms with Crippen LogP contribution in [0.1, 0.15) is 32.6 Å². The molecule has 0 bridgehead atoms. The molecular weight excluding hydrogens is 304 g/mol. The van der Waals surface area contributed by atoms with Gasteiger partial charge in [0.1, 0.15) is 10.6 Å². The Labute approximate surface area is 134 Å². The molecule has 0 radical (unpaired) electrons. The molecule has 0 amide bonds. The zero-order valence-electron chi connectivity index (χ0n) is 12.3. The minimum atomic E-state index is 0.317. The molecule has 114 valence electrons. The molecule has 1 atom stereocenters. The van der Waals surface area contributed by atoms with Crippen LogP contribution in [0.25, 0.3) is 10.2 Å². The summed E-state index contributed by atoms with van der Waals surface area (Å²) in [4.78, 5) is 12.1. The van der Waals surface area contributed by atoms with Crippen molar-refractivity contribution in [1.29, 1.82) is 0 Å². The summed E-state index contributed by atoms with van der Waals surface area (Å²) in [6.07, 6.45) is 5.18. The average Bonchev–Trinajstić information content (AvgIpc) is 2.93. The Kier molecular flexibility index (Phi) is 4.93. The van der Waals surface area contributed by atoms with Gasteiger partial charge in [0, 0.05) is 19.1 Å². The van der Waals surface area contributed by atoms with Crippen molar-refractivity contribution in [3.05, 3.63) is 16.7 Å². The summed E-state index contributed by atoms with van der Waals surface area (Å²) in [5.74, 6) is 0.859. The fourth-order valence-electron chi connectivity index (χ4n) is 2.94. The zero-order chi connectivity index (χ0) is 14.7. The van der Waals surface area contributed by atoms with Gasteiger partial charge in [0.25, 0.3) is 0 Å². The maximum absolute atomic E-state index is 5.97. The highest BCUT2D eigenvalue weighted by Crippen LogP contribution is 2.26. The maximum atomic E-state index is 5.97. The van der Waals surface area contributed by atoms with Gasteiger partial charge in [-0.15, -0.1) is 11.3 Å². The second-order valence-corrected chi connectivity index (χ2v) is 6.87. The normalized spacial score (nSPS) is 20.0. The largest absolute Gasteiger partial charge is 0.369 e. The van der Waals surface area contributed by atoms with E-state index in [9.17, 15) is 0 Å². The number of aromatic nitrogens is 2. The molecule has 2 aromatic heterocycles. The maximum Gasteiger partial charge on any atom is 0.225 e. The fourth-order valence-corrected chi connectivity index (χ4v) is 3.93. The van der Waals surface area contributed by atoms with E-state index in [1.165, 1.54) is 25.8 Å². The van der Waals surface area contributed by atoms with E-state index in [4.69, 9.17) is 11.6 Å². The molecule has 0 aliphatic carbocycles. The van der Waals surface area contributed by atoms with E-state index >= 15 is 0 Å². The first kappa shape index (κ1) is 15.0. The van der Waals surface area contributed by atoms with Gasteiger partial charge in [-0.3, -0.25) is 0 Å². The lowest BCUT2D eigenvalue weighted by molar-refractivity contribution is 0.160. The second kappa shape index (κ2) is 6.90. The summed E-state index contributed by atoms with van der Waals surface area (Å²) < 4.78 is 0. The quantitative estimate of drug-likeness (QED) is 0.666. The Balaban J connectivity index is 1.53. The molecule has 1 fully saturated rings. The SMILES string of the molecule is CC1CCCCN1CCCNc1nc(Cl)nc2sccc12. The third-order valence-corrected chi connectivity index (χ3v) is 5.13. The van der Waals surface area contributed by atoms with Crippen LogP contribution < -0.4 is 5.32 Å². The highest BCUT2D eigenvalue weighted by molar-refractivity contribution is 7.16. The Hall–Kier alpha value is -0.910. The summed E-state index contributed by atoms with van der Waals surface area (Å²) in [5.41, 5.74) is 0. The van der Waals surface area contributed by atoms with Crippen LogP contribution in [0.15, 0.2) is 11.4 Å². The topological polar surface area (TPSA) is 41.0 Å². The van der Waals surface area contributed by atoms with Crippen LogP contribution in [0.3, 0.4) is 0 Å². The van der Waals surface area contributed by atoms with Crippen LogP contribution in [0.5, 0.6) is 0 Å². The summed E-state index contributed by atoms with van der Waals surface area (Å²) in [5, 5.41) is 6.82. The molecule has 1 saturated heterocycles. The van der Waals surface area contributed by atoms with E-state index in [-0.39, 0.29) is 0 Å². The molecule has 1 aliphatic heterocycles. The molecule has 1 aliphatic rings. The van der Waals surface area contributed by atoms with Crippen molar-refractivity contribution in [1.82, 2.24) is 14.9 Å². The van der Waals surface area contributed by atoms with Gasteiger partial charge in [-0.05, 0) is 55.8 Å². The Bertz CT molecular complexity index is 600. The van der Waals surface area contributed by atoms with E-state index < -0.39 is 0 Å². The number of fused-ring (bicyclic) bond motifs is 1. The fraction of sp³-hybridized carbons (Fsp3) is 0.600. The van der Waals surface area contributed by atoms with Crippen LogP contribution in [-0.4, -0.2) is 40.5 Å². The molecular formula is C15H21ClN4S. The number of thiophene rings is 1. The monoisotopic (exact) mass is 324 g/mol. The number of nitrogens with zero attached hydrogens (tertiary/aromatic N) is 3. The van der Waals surface area contributed by atoms with Crippen molar-refractivity contribution in [3.8, 4) is 0 Å². The molecule has 0 aromatic carbocycles. The molecule has 0 saturated carbocycles. The number of anilines is 1. The third-order valence-electron chi connectivity index (χ3n) is 4.15. The van der Waals surface area contributed by atoms with Gasteiger partial charge in [-0.2, -0.15) is 0 Å². The minimum Gasteiger partial charge on any atom is -0.369 e. The van der Waals surface area contributed by atoms with E-state index in [2.05, 4.69) is 27.1 Å². The van der Waals surface area contributed by atoms with Gasteiger partial charge in [0.05, 0.1) is 5.39 Å². The molecule has 1 N–H and O–H groups in total. The smallest absolute Gasteiger partial charge is 0.225 e. The minimum absolute atomic E-state index is 0.317. The van der Waals surface area contributed by atoms with Crippen LogP contribution in [-0.2, 0) is 0 Å². The number of halogens is 1. The predicted molar refractivity (Wildman–Crippen MR) is 90.4 cm³/mol. The molecule has 6 heteroatoms. The van der Waals surface area contributed by atoms with Gasteiger partial charge in [-0.1, -0.05) is 6.42 Å². The Morgan fingerprint density at radius 3 is 3.19 bits per heavy atom. The molecule has 1 unspecified atom stereocenters. The highest BCUT2D eigenvalue weighted by Gasteiger charge is 2.17. The zero-order valence-corrected chi connectivity index (χ0v) is 13.9. The molecule has 21 heavy (non-hydrogen) atoms. The molecule has 3 rings (SSSR count). The van der Waals surface area contributed by atoms with Crippen LogP contribution in [0, 0.1) is 0 Å². The van der Waals surface area contributed by atoms with Crippen molar-refractivity contribution in [3.63, 3.8) is 0 Å². The first-order valence-corrected chi connectivity index (χ1v) is 8.88. The standard InChI is InChI=1S/C15H21ClN4S/c1-11-5-2-3-8-20(11)9-4-7-17-13-12-6-10-21-14(12)19-15(16)18-13/h6,10-11H,2-5,7-9H2,1H3,(H,17,18,19). The van der Waals surface area contributed by atoms with Gasteiger partial charge in [0.2, 0.25) is 5.28 Å². The second-order valence-electron chi connectivity index (χ2n) is 5.64. The first-order chi connectivity index (χ1) is 10.2. The molecule has 3 heterocycles. The van der Waals surface area contributed by atoms with Crippen molar-refractivity contribution in [2.75, 3.05) is 25.0 Å². The van der Waals surface area contributed by atoms with Gasteiger partial charge in [0.15, 0.2) is 0 Å². The number of hydrogen-bond donors (Lipinski definition) is 1. The van der Waals surface area contributed by atoms with Gasteiger partial charge >= 0.3 is 0 Å². The Morgan fingerprint density at radius 1 is 1.43 bits per heavy atom. The number of hydrogen-bond acceptors (Lipinski definition) is 5. The number of nitrogens with one attached hydrogen (secondary N) is 1. The van der Waals surface area contributed by atoms with Crippen LogP contribution >= 0.6 is 22.9 Å². The highest BCUT2D eigenvalue weighted by atomic mass is 35.5. The molecule has 0 spiro atoms. The molecule has 4 nitrogen and oxygen atoms in total. The van der Waals surface area contributed by atoms with E-state index in [1.54, 1.807) is 11.3 Å². The van der Waals surface area contributed by atoms with E-state index in [1.807, 2.05) is 11.4 Å². The summed E-state index contributed by atoms with van der Waals surface area (Å²) >= 11 is 7.56. The number of likely N-dealkylation sites (tertiary alicyclic amines) is 1. The summed E-state index contributed by atoms with van der Waals surface area (Å²) in [6, 6.07) is 2.78. The van der Waals surface area contributed by atoms with Crippen molar-refractivity contribution >= 4 is 39.0 Å². The lowest BCUT2D eigenvalue weighted by Gasteiger charge is -2.33. The van der Waals surface area contributed by atoms with Gasteiger partial charge in [-0.25, -0.2) is 9.97 Å². The van der Waals surface area contributed by atoms with E-state index in [0.717, 1.165) is 41.6 Å². The number of piperidine rings is 1. The average molecular weight is 325 g/mol. The van der Waals surface area contributed by atoms with Crippen molar-refractivity contribution < 1.29 is 0 Å². The predicted octanol–water partition coefficient (Wildman–Crippen LogP) is 4.02. The summed E-state index contributed by atoms with van der Waals surface area (Å²) in [6.45, 7) is 5.65.